The molecule has 1 heterocycles. The third-order valence-corrected chi connectivity index (χ3v) is 7.15. The minimum absolute atomic E-state index is 0.0974. The van der Waals surface area contributed by atoms with Gasteiger partial charge in [0.25, 0.3) is 10.0 Å². The fourth-order valence-corrected chi connectivity index (χ4v) is 5.09. The molecule has 172 valence electrons. The minimum atomic E-state index is -3.70. The quantitative estimate of drug-likeness (QED) is 0.557. The summed E-state index contributed by atoms with van der Waals surface area (Å²) >= 11 is 0. The summed E-state index contributed by atoms with van der Waals surface area (Å²) in [5.41, 5.74) is 9.05. The number of rotatable bonds is 7. The predicted molar refractivity (Wildman–Crippen MR) is 126 cm³/mol. The average molecular weight is 468 g/mol. The Kier molecular flexibility index (Phi) is 6.76. The number of halogens is 1. The van der Waals surface area contributed by atoms with Crippen LogP contribution in [0.3, 0.4) is 0 Å². The zero-order valence-corrected chi connectivity index (χ0v) is 18.9. The Hall–Kier alpha value is -3.23. The SMILES string of the molecule is N[C@@H](CC(=O)N1CCc2ccc(NS(=O)(=O)c3ccccc3)cc2C1)Cc1ccccc1F. The van der Waals surface area contributed by atoms with Gasteiger partial charge in [-0.2, -0.15) is 0 Å². The van der Waals surface area contributed by atoms with Crippen molar-refractivity contribution >= 4 is 21.6 Å². The minimum Gasteiger partial charge on any atom is -0.338 e. The number of hydrogen-bond donors (Lipinski definition) is 2. The topological polar surface area (TPSA) is 92.5 Å². The van der Waals surface area contributed by atoms with E-state index >= 15 is 0 Å². The highest BCUT2D eigenvalue weighted by Gasteiger charge is 2.23. The standard InChI is InChI=1S/C25H26FN3O3S/c26-24-9-5-4-6-19(24)14-21(27)16-25(30)29-13-12-18-10-11-22(15-20(18)17-29)28-33(31,32)23-7-2-1-3-8-23/h1-11,15,21,28H,12-14,16-17,27H2/t21-/m1/s1. The summed E-state index contributed by atoms with van der Waals surface area (Å²) in [5.74, 6) is -0.419. The highest BCUT2D eigenvalue weighted by Crippen LogP contribution is 2.25. The summed E-state index contributed by atoms with van der Waals surface area (Å²) in [7, 11) is -3.70. The molecule has 0 aliphatic carbocycles. The highest BCUT2D eigenvalue weighted by atomic mass is 32.2. The molecule has 1 atom stereocenters. The van der Waals surface area contributed by atoms with Crippen LogP contribution >= 0.6 is 0 Å². The fraction of sp³-hybridized carbons (Fsp3) is 0.240. The molecule has 1 aliphatic heterocycles. The first-order valence-electron chi connectivity index (χ1n) is 10.8. The number of anilines is 1. The van der Waals surface area contributed by atoms with Crippen molar-refractivity contribution in [2.75, 3.05) is 11.3 Å². The van der Waals surface area contributed by atoms with Crippen molar-refractivity contribution < 1.29 is 17.6 Å². The second-order valence-electron chi connectivity index (χ2n) is 8.23. The van der Waals surface area contributed by atoms with Gasteiger partial charge in [-0.05, 0) is 59.9 Å². The summed E-state index contributed by atoms with van der Waals surface area (Å²) in [6.45, 7) is 0.939. The molecule has 1 aliphatic rings. The second-order valence-corrected chi connectivity index (χ2v) is 9.91. The molecule has 0 saturated heterocycles. The van der Waals surface area contributed by atoms with Gasteiger partial charge in [0.2, 0.25) is 5.91 Å². The molecule has 6 nitrogen and oxygen atoms in total. The van der Waals surface area contributed by atoms with E-state index < -0.39 is 16.1 Å². The second kappa shape index (κ2) is 9.72. The van der Waals surface area contributed by atoms with Crippen LogP contribution < -0.4 is 10.5 Å². The van der Waals surface area contributed by atoms with Crippen LogP contribution in [0.4, 0.5) is 10.1 Å². The van der Waals surface area contributed by atoms with Crippen LogP contribution in [-0.4, -0.2) is 31.8 Å². The van der Waals surface area contributed by atoms with Crippen LogP contribution in [0.15, 0.2) is 77.7 Å². The van der Waals surface area contributed by atoms with Gasteiger partial charge in [-0.1, -0.05) is 42.5 Å². The van der Waals surface area contributed by atoms with E-state index in [1.807, 2.05) is 6.07 Å². The summed E-state index contributed by atoms with van der Waals surface area (Å²) in [6, 6.07) is 19.5. The van der Waals surface area contributed by atoms with Gasteiger partial charge in [0.15, 0.2) is 0 Å². The lowest BCUT2D eigenvalue weighted by Gasteiger charge is -2.30. The number of amides is 1. The Morgan fingerprint density at radius 1 is 1.03 bits per heavy atom. The molecule has 0 spiro atoms. The van der Waals surface area contributed by atoms with E-state index in [1.54, 1.807) is 53.4 Å². The average Bonchev–Trinajstić information content (AvgIpc) is 2.80. The number of sulfonamides is 1. The summed E-state index contributed by atoms with van der Waals surface area (Å²) in [4.78, 5) is 14.7. The maximum absolute atomic E-state index is 13.9. The molecule has 0 unspecified atom stereocenters. The lowest BCUT2D eigenvalue weighted by atomic mass is 9.98. The molecular weight excluding hydrogens is 441 g/mol. The molecule has 3 aromatic rings. The monoisotopic (exact) mass is 467 g/mol. The van der Waals surface area contributed by atoms with E-state index in [9.17, 15) is 17.6 Å². The van der Waals surface area contributed by atoms with Crippen molar-refractivity contribution in [3.8, 4) is 0 Å². The van der Waals surface area contributed by atoms with Crippen molar-refractivity contribution in [3.63, 3.8) is 0 Å². The zero-order valence-electron chi connectivity index (χ0n) is 18.1. The van der Waals surface area contributed by atoms with Crippen LogP contribution in [0, 0.1) is 5.82 Å². The molecule has 0 saturated carbocycles. The van der Waals surface area contributed by atoms with Gasteiger partial charge < -0.3 is 10.6 Å². The number of hydrogen-bond acceptors (Lipinski definition) is 4. The molecule has 33 heavy (non-hydrogen) atoms. The van der Waals surface area contributed by atoms with Crippen LogP contribution in [-0.2, 0) is 34.2 Å². The van der Waals surface area contributed by atoms with Crippen molar-refractivity contribution in [2.45, 2.75) is 36.7 Å². The van der Waals surface area contributed by atoms with E-state index in [2.05, 4.69) is 4.72 Å². The molecule has 0 radical (unpaired) electrons. The smallest absolute Gasteiger partial charge is 0.261 e. The van der Waals surface area contributed by atoms with E-state index in [0.717, 1.165) is 11.1 Å². The number of nitrogens with two attached hydrogens (primary N) is 1. The number of nitrogens with one attached hydrogen (secondary N) is 1. The van der Waals surface area contributed by atoms with Gasteiger partial charge in [-0.15, -0.1) is 0 Å². The molecule has 4 rings (SSSR count). The Bertz CT molecular complexity index is 1250. The van der Waals surface area contributed by atoms with Gasteiger partial charge in [-0.25, -0.2) is 12.8 Å². The van der Waals surface area contributed by atoms with E-state index in [0.29, 0.717) is 30.8 Å². The van der Waals surface area contributed by atoms with Gasteiger partial charge >= 0.3 is 0 Å². The normalized spacial score (nSPS) is 14.4. The first-order chi connectivity index (χ1) is 15.8. The molecule has 3 aromatic carbocycles. The molecule has 0 fully saturated rings. The summed E-state index contributed by atoms with van der Waals surface area (Å²) in [5, 5.41) is 0. The Morgan fingerprint density at radius 2 is 1.76 bits per heavy atom. The summed E-state index contributed by atoms with van der Waals surface area (Å²) < 4.78 is 41.7. The van der Waals surface area contributed by atoms with E-state index in [1.165, 1.54) is 18.2 Å². The molecule has 1 amide bonds. The van der Waals surface area contributed by atoms with Gasteiger partial charge in [0.1, 0.15) is 5.82 Å². The largest absolute Gasteiger partial charge is 0.338 e. The number of carbonyl (C=O) groups excluding carboxylic acids is 1. The number of benzene rings is 3. The lowest BCUT2D eigenvalue weighted by Crippen LogP contribution is -2.39. The molecule has 0 bridgehead atoms. The zero-order chi connectivity index (χ0) is 23.4. The molecule has 3 N–H and O–H groups in total. The number of carbonyl (C=O) groups is 1. The van der Waals surface area contributed by atoms with Crippen molar-refractivity contribution in [2.24, 2.45) is 5.73 Å². The Morgan fingerprint density at radius 3 is 2.52 bits per heavy atom. The summed E-state index contributed by atoms with van der Waals surface area (Å²) in [6.07, 6.45) is 1.08. The van der Waals surface area contributed by atoms with Gasteiger partial charge in [0.05, 0.1) is 4.90 Å². The van der Waals surface area contributed by atoms with Crippen LogP contribution in [0.1, 0.15) is 23.1 Å². The van der Waals surface area contributed by atoms with Crippen LogP contribution in [0.5, 0.6) is 0 Å². The Balaban J connectivity index is 1.41. The van der Waals surface area contributed by atoms with Crippen molar-refractivity contribution in [1.29, 1.82) is 0 Å². The van der Waals surface area contributed by atoms with Crippen molar-refractivity contribution in [3.05, 3.63) is 95.3 Å². The van der Waals surface area contributed by atoms with Crippen LogP contribution in [0.2, 0.25) is 0 Å². The third kappa shape index (κ3) is 5.58. The van der Waals surface area contributed by atoms with Crippen molar-refractivity contribution in [1.82, 2.24) is 4.90 Å². The molecule has 8 heteroatoms. The van der Waals surface area contributed by atoms with Gasteiger partial charge in [-0.3, -0.25) is 9.52 Å². The highest BCUT2D eigenvalue weighted by molar-refractivity contribution is 7.92. The lowest BCUT2D eigenvalue weighted by molar-refractivity contribution is -0.132. The first-order valence-corrected chi connectivity index (χ1v) is 12.3. The maximum Gasteiger partial charge on any atom is 0.261 e. The first kappa shape index (κ1) is 22.9. The molecule has 0 aromatic heterocycles. The number of nitrogens with zero attached hydrogens (tertiary/aromatic N) is 1. The third-order valence-electron chi connectivity index (χ3n) is 5.75. The van der Waals surface area contributed by atoms with E-state index in [-0.39, 0.29) is 29.5 Å². The van der Waals surface area contributed by atoms with Gasteiger partial charge in [0, 0.05) is 31.2 Å². The van der Waals surface area contributed by atoms with Crippen LogP contribution in [0.25, 0.3) is 0 Å². The molecular formula is C25H26FN3O3S. The van der Waals surface area contributed by atoms with E-state index in [4.69, 9.17) is 5.73 Å². The predicted octanol–water partition coefficient (Wildman–Crippen LogP) is 3.47. The number of fused-ring (bicyclic) bond motifs is 1. The maximum atomic E-state index is 13.9. The fourth-order valence-electron chi connectivity index (χ4n) is 4.02. The Labute approximate surface area is 193 Å².